The molecule has 0 amide bonds. The molecule has 0 unspecified atom stereocenters. The monoisotopic (exact) mass is 404 g/mol. The number of nitrogens with one attached hydrogen (secondary N) is 1. The molecule has 150 valence electrons. The number of para-hydroxylation sites is 1. The molecule has 0 bridgehead atoms. The fourth-order valence-electron chi connectivity index (χ4n) is 2.77. The maximum atomic E-state index is 12.4. The van der Waals surface area contributed by atoms with Crippen molar-refractivity contribution < 1.29 is 9.84 Å². The molecule has 2 N–H and O–H groups in total. The maximum absolute atomic E-state index is 12.4. The Kier molecular flexibility index (Phi) is 6.58. The average molecular weight is 404 g/mol. The summed E-state index contributed by atoms with van der Waals surface area (Å²) in [5, 5.41) is 11.1. The number of unbranched alkanes of at least 4 members (excludes halogenated alkanes) is 1. The molecule has 0 saturated heterocycles. The number of thioether (sulfide) groups is 1. The quantitative estimate of drug-likeness (QED) is 0.416. The van der Waals surface area contributed by atoms with Gasteiger partial charge in [0.1, 0.15) is 18.5 Å². The van der Waals surface area contributed by atoms with Crippen LogP contribution >= 0.6 is 11.8 Å². The number of fused-ring (bicyclic) bond motifs is 1. The van der Waals surface area contributed by atoms with Gasteiger partial charge in [-0.15, -0.1) is 0 Å². The third-order valence-electron chi connectivity index (χ3n) is 4.28. The SMILES string of the molecule is CCCCSc1nc2c(c(=O)[nH]c(=O)n2C)n1C[C@@H](O)COc1ccccc1. The minimum absolute atomic E-state index is 0.0758. The highest BCUT2D eigenvalue weighted by molar-refractivity contribution is 7.99. The highest BCUT2D eigenvalue weighted by Gasteiger charge is 2.20. The van der Waals surface area contributed by atoms with E-state index in [4.69, 9.17) is 4.74 Å². The Morgan fingerprint density at radius 3 is 2.75 bits per heavy atom. The zero-order valence-electron chi connectivity index (χ0n) is 15.9. The fourth-order valence-corrected chi connectivity index (χ4v) is 3.86. The average Bonchev–Trinajstić information content (AvgIpc) is 3.04. The molecule has 0 radical (unpaired) electrons. The lowest BCUT2D eigenvalue weighted by Crippen LogP contribution is -2.30. The van der Waals surface area contributed by atoms with E-state index in [0.29, 0.717) is 16.6 Å². The number of imidazole rings is 1. The lowest BCUT2D eigenvalue weighted by atomic mass is 10.3. The number of aromatic nitrogens is 4. The van der Waals surface area contributed by atoms with Crippen molar-refractivity contribution in [3.8, 4) is 5.75 Å². The molecule has 1 aromatic carbocycles. The zero-order valence-corrected chi connectivity index (χ0v) is 16.7. The predicted octanol–water partition coefficient (Wildman–Crippen LogP) is 1.76. The number of hydrogen-bond donors (Lipinski definition) is 2. The molecule has 2 heterocycles. The van der Waals surface area contributed by atoms with Gasteiger partial charge >= 0.3 is 5.69 Å². The van der Waals surface area contributed by atoms with E-state index in [9.17, 15) is 14.7 Å². The molecule has 0 spiro atoms. The first-order chi connectivity index (χ1) is 13.5. The summed E-state index contributed by atoms with van der Waals surface area (Å²) < 4.78 is 8.59. The first-order valence-corrected chi connectivity index (χ1v) is 10.2. The van der Waals surface area contributed by atoms with Crippen molar-refractivity contribution in [3.63, 3.8) is 0 Å². The van der Waals surface area contributed by atoms with Gasteiger partial charge < -0.3 is 14.4 Å². The van der Waals surface area contributed by atoms with Gasteiger partial charge in [0.2, 0.25) is 0 Å². The van der Waals surface area contributed by atoms with E-state index in [1.165, 1.54) is 16.3 Å². The van der Waals surface area contributed by atoms with Crippen LogP contribution in [0.25, 0.3) is 11.2 Å². The Bertz CT molecular complexity index is 1040. The smallest absolute Gasteiger partial charge is 0.329 e. The number of ether oxygens (including phenoxy) is 1. The Hall–Kier alpha value is -2.52. The summed E-state index contributed by atoms with van der Waals surface area (Å²) in [6.07, 6.45) is 1.20. The number of rotatable bonds is 9. The molecule has 1 atom stereocenters. The van der Waals surface area contributed by atoms with Crippen molar-refractivity contribution in [2.45, 2.75) is 37.6 Å². The molecular weight excluding hydrogens is 380 g/mol. The standard InChI is InChI=1S/C19H24N4O4S/c1-3-4-10-28-19-20-16-15(17(25)21-18(26)22(16)2)23(19)11-13(24)12-27-14-8-6-5-7-9-14/h5-9,13,24H,3-4,10-12H2,1-2H3,(H,21,25,26)/t13-/m1/s1. The van der Waals surface area contributed by atoms with Gasteiger partial charge in [-0.1, -0.05) is 43.3 Å². The van der Waals surface area contributed by atoms with E-state index in [1.54, 1.807) is 11.6 Å². The summed E-state index contributed by atoms with van der Waals surface area (Å²) in [6, 6.07) is 9.22. The number of aliphatic hydroxyl groups is 1. The van der Waals surface area contributed by atoms with E-state index >= 15 is 0 Å². The lowest BCUT2D eigenvalue weighted by molar-refractivity contribution is 0.0914. The Balaban J connectivity index is 1.88. The fraction of sp³-hybridized carbons (Fsp3) is 0.421. The van der Waals surface area contributed by atoms with Gasteiger partial charge in [-0.3, -0.25) is 14.3 Å². The van der Waals surface area contributed by atoms with Gasteiger partial charge in [0, 0.05) is 12.8 Å². The van der Waals surface area contributed by atoms with Crippen molar-refractivity contribution in [1.29, 1.82) is 0 Å². The number of hydrogen-bond acceptors (Lipinski definition) is 6. The van der Waals surface area contributed by atoms with Gasteiger partial charge in [0.15, 0.2) is 16.3 Å². The molecule has 8 nitrogen and oxygen atoms in total. The summed E-state index contributed by atoms with van der Waals surface area (Å²) >= 11 is 1.51. The van der Waals surface area contributed by atoms with Crippen LogP contribution < -0.4 is 16.0 Å². The van der Waals surface area contributed by atoms with Crippen LogP contribution in [0.1, 0.15) is 19.8 Å². The summed E-state index contributed by atoms with van der Waals surface area (Å²) in [5.41, 5.74) is -0.437. The van der Waals surface area contributed by atoms with Crippen molar-refractivity contribution in [1.82, 2.24) is 19.1 Å². The maximum Gasteiger partial charge on any atom is 0.329 e. The van der Waals surface area contributed by atoms with Crippen LogP contribution in [-0.4, -0.2) is 42.7 Å². The van der Waals surface area contributed by atoms with E-state index in [-0.39, 0.29) is 18.7 Å². The van der Waals surface area contributed by atoms with Gasteiger partial charge in [0.25, 0.3) is 5.56 Å². The first kappa shape index (κ1) is 20.2. The molecule has 28 heavy (non-hydrogen) atoms. The Morgan fingerprint density at radius 2 is 2.04 bits per heavy atom. The lowest BCUT2D eigenvalue weighted by Gasteiger charge is -2.15. The molecular formula is C19H24N4O4S. The Morgan fingerprint density at radius 1 is 1.29 bits per heavy atom. The minimum Gasteiger partial charge on any atom is -0.491 e. The largest absolute Gasteiger partial charge is 0.491 e. The molecule has 0 fully saturated rings. The predicted molar refractivity (Wildman–Crippen MR) is 109 cm³/mol. The van der Waals surface area contributed by atoms with E-state index in [0.717, 1.165) is 18.6 Å². The molecule has 0 aliphatic rings. The second-order valence-electron chi connectivity index (χ2n) is 6.48. The number of nitrogens with zero attached hydrogens (tertiary/aromatic N) is 3. The Labute approximate surface area is 166 Å². The van der Waals surface area contributed by atoms with Crippen molar-refractivity contribution in [3.05, 3.63) is 51.2 Å². The first-order valence-electron chi connectivity index (χ1n) is 9.19. The number of benzene rings is 1. The second-order valence-corrected chi connectivity index (χ2v) is 7.54. The van der Waals surface area contributed by atoms with Crippen molar-refractivity contribution in [2.75, 3.05) is 12.4 Å². The number of H-pyrrole nitrogens is 1. The van der Waals surface area contributed by atoms with Crippen LogP contribution in [0, 0.1) is 0 Å². The third kappa shape index (κ3) is 4.48. The van der Waals surface area contributed by atoms with Crippen LogP contribution in [0.3, 0.4) is 0 Å². The van der Waals surface area contributed by atoms with Gasteiger partial charge in [0.05, 0.1) is 6.54 Å². The third-order valence-corrected chi connectivity index (χ3v) is 5.34. The molecule has 0 aliphatic heterocycles. The van der Waals surface area contributed by atoms with E-state index in [2.05, 4.69) is 16.9 Å². The summed E-state index contributed by atoms with van der Waals surface area (Å²) in [7, 11) is 1.56. The minimum atomic E-state index is -0.847. The molecule has 2 aromatic heterocycles. The number of aryl methyl sites for hydroxylation is 1. The van der Waals surface area contributed by atoms with Crippen LogP contribution in [-0.2, 0) is 13.6 Å². The highest BCUT2D eigenvalue weighted by Crippen LogP contribution is 2.23. The number of aliphatic hydroxyl groups excluding tert-OH is 1. The highest BCUT2D eigenvalue weighted by atomic mass is 32.2. The van der Waals surface area contributed by atoms with Crippen LogP contribution in [0.5, 0.6) is 5.75 Å². The van der Waals surface area contributed by atoms with Crippen LogP contribution in [0.4, 0.5) is 0 Å². The van der Waals surface area contributed by atoms with E-state index < -0.39 is 17.4 Å². The number of aromatic amines is 1. The van der Waals surface area contributed by atoms with Gasteiger partial charge in [-0.05, 0) is 18.6 Å². The molecule has 3 aromatic rings. The summed E-state index contributed by atoms with van der Waals surface area (Å²) in [4.78, 5) is 31.1. The molecule has 9 heteroatoms. The van der Waals surface area contributed by atoms with Crippen molar-refractivity contribution in [2.24, 2.45) is 7.05 Å². The molecule has 3 rings (SSSR count). The normalized spacial score (nSPS) is 12.4. The summed E-state index contributed by atoms with van der Waals surface area (Å²) in [5.74, 6) is 1.50. The van der Waals surface area contributed by atoms with Gasteiger partial charge in [-0.25, -0.2) is 9.78 Å². The van der Waals surface area contributed by atoms with Crippen molar-refractivity contribution >= 4 is 22.9 Å². The van der Waals surface area contributed by atoms with Crippen LogP contribution in [0.2, 0.25) is 0 Å². The zero-order chi connectivity index (χ0) is 20.1. The van der Waals surface area contributed by atoms with E-state index in [1.807, 2.05) is 30.3 Å². The molecule has 0 aliphatic carbocycles. The van der Waals surface area contributed by atoms with Gasteiger partial charge in [-0.2, -0.15) is 0 Å². The second kappa shape index (κ2) is 9.11. The molecule has 0 saturated carbocycles. The summed E-state index contributed by atoms with van der Waals surface area (Å²) in [6.45, 7) is 2.31. The van der Waals surface area contributed by atoms with Crippen LogP contribution in [0.15, 0.2) is 45.1 Å². The topological polar surface area (TPSA) is 102 Å².